The number of alkyl halides is 1. The molecule has 2 nitrogen and oxygen atoms in total. The summed E-state index contributed by atoms with van der Waals surface area (Å²) >= 11 is 3.51. The van der Waals surface area contributed by atoms with Gasteiger partial charge in [-0.1, -0.05) is 15.9 Å². The van der Waals surface area contributed by atoms with Crippen molar-refractivity contribution in [1.29, 1.82) is 0 Å². The fourth-order valence-corrected chi connectivity index (χ4v) is 1.79. The number of halogens is 1. The van der Waals surface area contributed by atoms with Gasteiger partial charge in [0, 0.05) is 13.7 Å². The van der Waals surface area contributed by atoms with Crippen LogP contribution in [0.4, 0.5) is 0 Å². The number of methoxy groups -OCH3 is 1. The van der Waals surface area contributed by atoms with Crippen LogP contribution in [0.3, 0.4) is 0 Å². The zero-order chi connectivity index (χ0) is 7.40. The van der Waals surface area contributed by atoms with E-state index in [4.69, 9.17) is 9.47 Å². The van der Waals surface area contributed by atoms with E-state index in [0.29, 0.717) is 4.83 Å². The Balaban J connectivity index is 2.35. The Morgan fingerprint density at radius 3 is 3.00 bits per heavy atom. The molecule has 1 aliphatic heterocycles. The largest absolute Gasteiger partial charge is 0.355 e. The standard InChI is InChI=1S/C7H13BrO2/c1-9-7-6(8)4-2-3-5-10-7/h6-7H,2-5H2,1H3/t6-,7+/m0/s1. The highest BCUT2D eigenvalue weighted by atomic mass is 79.9. The van der Waals surface area contributed by atoms with Crippen molar-refractivity contribution in [3.05, 3.63) is 0 Å². The van der Waals surface area contributed by atoms with Crippen molar-refractivity contribution in [2.24, 2.45) is 0 Å². The number of hydrogen-bond acceptors (Lipinski definition) is 2. The van der Waals surface area contributed by atoms with Crippen LogP contribution in [0.2, 0.25) is 0 Å². The lowest BCUT2D eigenvalue weighted by Crippen LogP contribution is -2.24. The molecule has 0 amide bonds. The van der Waals surface area contributed by atoms with Crippen molar-refractivity contribution in [3.63, 3.8) is 0 Å². The molecule has 1 saturated heterocycles. The summed E-state index contributed by atoms with van der Waals surface area (Å²) in [6.07, 6.45) is 3.50. The van der Waals surface area contributed by atoms with Crippen molar-refractivity contribution in [3.8, 4) is 0 Å². The van der Waals surface area contributed by atoms with E-state index < -0.39 is 0 Å². The second-order valence-electron chi connectivity index (χ2n) is 2.49. The molecule has 0 spiro atoms. The Labute approximate surface area is 70.0 Å². The average Bonchev–Trinajstić information content (AvgIpc) is 2.13. The van der Waals surface area contributed by atoms with Gasteiger partial charge in [-0.25, -0.2) is 0 Å². The van der Waals surface area contributed by atoms with Gasteiger partial charge in [-0.15, -0.1) is 0 Å². The van der Waals surface area contributed by atoms with Crippen LogP contribution in [0.15, 0.2) is 0 Å². The first-order valence-electron chi connectivity index (χ1n) is 3.63. The molecule has 0 aromatic heterocycles. The molecule has 0 bridgehead atoms. The molecule has 60 valence electrons. The van der Waals surface area contributed by atoms with E-state index in [0.717, 1.165) is 19.4 Å². The van der Waals surface area contributed by atoms with Gasteiger partial charge in [0.2, 0.25) is 0 Å². The summed E-state index contributed by atoms with van der Waals surface area (Å²) in [4.78, 5) is 0.375. The highest BCUT2D eigenvalue weighted by Crippen LogP contribution is 2.20. The molecule has 0 aromatic rings. The van der Waals surface area contributed by atoms with E-state index in [1.165, 1.54) is 6.42 Å². The molecule has 0 aliphatic carbocycles. The Kier molecular flexibility index (Phi) is 3.66. The predicted octanol–water partition coefficient (Wildman–Crippen LogP) is 1.92. The van der Waals surface area contributed by atoms with E-state index in [2.05, 4.69) is 15.9 Å². The van der Waals surface area contributed by atoms with Gasteiger partial charge in [0.1, 0.15) is 0 Å². The lowest BCUT2D eigenvalue weighted by molar-refractivity contribution is -0.116. The molecule has 0 aromatic carbocycles. The van der Waals surface area contributed by atoms with Gasteiger partial charge in [0.15, 0.2) is 6.29 Å². The van der Waals surface area contributed by atoms with Crippen LogP contribution in [0.1, 0.15) is 19.3 Å². The summed E-state index contributed by atoms with van der Waals surface area (Å²) in [7, 11) is 1.68. The van der Waals surface area contributed by atoms with Crippen LogP contribution in [-0.4, -0.2) is 24.8 Å². The van der Waals surface area contributed by atoms with Crippen molar-refractivity contribution in [2.75, 3.05) is 13.7 Å². The second kappa shape index (κ2) is 4.31. The third-order valence-electron chi connectivity index (χ3n) is 1.68. The second-order valence-corrected chi connectivity index (χ2v) is 3.66. The van der Waals surface area contributed by atoms with Crippen LogP contribution in [0.25, 0.3) is 0 Å². The van der Waals surface area contributed by atoms with Gasteiger partial charge in [0.05, 0.1) is 4.83 Å². The van der Waals surface area contributed by atoms with Crippen molar-refractivity contribution in [2.45, 2.75) is 30.4 Å². The van der Waals surface area contributed by atoms with E-state index >= 15 is 0 Å². The smallest absolute Gasteiger partial charge is 0.169 e. The Bertz CT molecular complexity index is 97.6. The van der Waals surface area contributed by atoms with Crippen LogP contribution < -0.4 is 0 Å². The molecular formula is C7H13BrO2. The quantitative estimate of drug-likeness (QED) is 0.614. The maximum absolute atomic E-state index is 5.40. The predicted molar refractivity (Wildman–Crippen MR) is 43.3 cm³/mol. The van der Waals surface area contributed by atoms with Crippen molar-refractivity contribution >= 4 is 15.9 Å². The SMILES string of the molecule is CO[C@@H]1OCCCC[C@@H]1Br. The fourth-order valence-electron chi connectivity index (χ4n) is 1.10. The summed E-state index contributed by atoms with van der Waals surface area (Å²) in [5.41, 5.74) is 0. The van der Waals surface area contributed by atoms with Gasteiger partial charge < -0.3 is 9.47 Å². The summed E-state index contributed by atoms with van der Waals surface area (Å²) in [6.45, 7) is 0.834. The van der Waals surface area contributed by atoms with Crippen molar-refractivity contribution in [1.82, 2.24) is 0 Å². The van der Waals surface area contributed by atoms with Crippen molar-refractivity contribution < 1.29 is 9.47 Å². The van der Waals surface area contributed by atoms with Gasteiger partial charge in [0.25, 0.3) is 0 Å². The number of rotatable bonds is 1. The molecule has 2 atom stereocenters. The van der Waals surface area contributed by atoms with E-state index in [1.807, 2.05) is 0 Å². The van der Waals surface area contributed by atoms with Crippen LogP contribution in [0.5, 0.6) is 0 Å². The maximum Gasteiger partial charge on any atom is 0.169 e. The minimum absolute atomic E-state index is 0.0394. The number of hydrogen-bond donors (Lipinski definition) is 0. The summed E-state index contributed by atoms with van der Waals surface area (Å²) in [6, 6.07) is 0. The lowest BCUT2D eigenvalue weighted by atomic mass is 10.2. The number of ether oxygens (including phenoxy) is 2. The van der Waals surface area contributed by atoms with Crippen LogP contribution >= 0.6 is 15.9 Å². The molecule has 1 fully saturated rings. The zero-order valence-corrected chi connectivity index (χ0v) is 7.76. The van der Waals surface area contributed by atoms with Crippen LogP contribution in [-0.2, 0) is 9.47 Å². The lowest BCUT2D eigenvalue weighted by Gasteiger charge is -2.17. The summed E-state index contributed by atoms with van der Waals surface area (Å²) < 4.78 is 10.5. The minimum atomic E-state index is -0.0394. The third-order valence-corrected chi connectivity index (χ3v) is 2.57. The van der Waals surface area contributed by atoms with E-state index in [-0.39, 0.29) is 6.29 Å². The molecule has 0 saturated carbocycles. The van der Waals surface area contributed by atoms with Crippen LogP contribution in [0, 0.1) is 0 Å². The molecular weight excluding hydrogens is 196 g/mol. The normalized spacial score (nSPS) is 35.4. The average molecular weight is 209 g/mol. The minimum Gasteiger partial charge on any atom is -0.355 e. The fraction of sp³-hybridized carbons (Fsp3) is 1.00. The molecule has 0 radical (unpaired) electrons. The van der Waals surface area contributed by atoms with E-state index in [9.17, 15) is 0 Å². The maximum atomic E-state index is 5.40. The van der Waals surface area contributed by atoms with Gasteiger partial charge in [-0.05, 0) is 19.3 Å². The Hall–Kier alpha value is 0.400. The van der Waals surface area contributed by atoms with Gasteiger partial charge in [-0.2, -0.15) is 0 Å². The first-order chi connectivity index (χ1) is 4.84. The molecule has 0 N–H and O–H groups in total. The first kappa shape index (κ1) is 8.50. The topological polar surface area (TPSA) is 18.5 Å². The third kappa shape index (κ3) is 2.22. The molecule has 1 heterocycles. The molecule has 0 unspecified atom stereocenters. The summed E-state index contributed by atoms with van der Waals surface area (Å²) in [5, 5.41) is 0. The first-order valence-corrected chi connectivity index (χ1v) is 4.54. The zero-order valence-electron chi connectivity index (χ0n) is 6.18. The monoisotopic (exact) mass is 208 g/mol. The Morgan fingerprint density at radius 2 is 2.30 bits per heavy atom. The highest BCUT2D eigenvalue weighted by molar-refractivity contribution is 9.09. The Morgan fingerprint density at radius 1 is 1.50 bits per heavy atom. The molecule has 3 heteroatoms. The van der Waals surface area contributed by atoms with Gasteiger partial charge in [-0.3, -0.25) is 0 Å². The van der Waals surface area contributed by atoms with E-state index in [1.54, 1.807) is 7.11 Å². The van der Waals surface area contributed by atoms with Gasteiger partial charge >= 0.3 is 0 Å². The molecule has 1 aliphatic rings. The summed E-state index contributed by atoms with van der Waals surface area (Å²) in [5.74, 6) is 0. The highest BCUT2D eigenvalue weighted by Gasteiger charge is 2.20. The molecule has 1 rings (SSSR count). The molecule has 10 heavy (non-hydrogen) atoms.